The molecule has 1 saturated carbocycles. The lowest BCUT2D eigenvalue weighted by molar-refractivity contribution is -0.135. The van der Waals surface area contributed by atoms with Crippen molar-refractivity contribution in [1.29, 1.82) is 0 Å². The predicted octanol–water partition coefficient (Wildman–Crippen LogP) is 2.46. The molecule has 0 bridgehead atoms. The number of carbonyl (C=O) groups excluding carboxylic acids is 1. The first kappa shape index (κ1) is 13.6. The summed E-state index contributed by atoms with van der Waals surface area (Å²) in [5.74, 6) is -0.0106. The van der Waals surface area contributed by atoms with Crippen molar-refractivity contribution in [3.63, 3.8) is 0 Å². The largest absolute Gasteiger partial charge is 0.334 e. The highest BCUT2D eigenvalue weighted by Gasteiger charge is 2.36. The lowest BCUT2D eigenvalue weighted by Gasteiger charge is -2.30. The molecule has 1 saturated heterocycles. The molecule has 0 aromatic heterocycles. The van der Waals surface area contributed by atoms with Gasteiger partial charge in [0.2, 0.25) is 5.91 Å². The molecule has 1 aliphatic carbocycles. The van der Waals surface area contributed by atoms with Gasteiger partial charge in [-0.15, -0.1) is 0 Å². The quantitative estimate of drug-likeness (QED) is 0.916. The highest BCUT2D eigenvalue weighted by molar-refractivity contribution is 5.82. The first-order valence-corrected chi connectivity index (χ1v) is 7.52. The van der Waals surface area contributed by atoms with Crippen LogP contribution in [0, 0.1) is 5.82 Å². The summed E-state index contributed by atoms with van der Waals surface area (Å²) in [7, 11) is 0. The van der Waals surface area contributed by atoms with Crippen molar-refractivity contribution in [2.45, 2.75) is 50.7 Å². The van der Waals surface area contributed by atoms with Crippen LogP contribution in [-0.4, -0.2) is 29.4 Å². The Morgan fingerprint density at radius 2 is 1.95 bits per heavy atom. The molecule has 108 valence electrons. The van der Waals surface area contributed by atoms with E-state index >= 15 is 0 Å². The molecule has 0 radical (unpaired) electrons. The van der Waals surface area contributed by atoms with Gasteiger partial charge in [0.05, 0.1) is 6.04 Å². The summed E-state index contributed by atoms with van der Waals surface area (Å²) in [6.07, 6.45) is 5.41. The summed E-state index contributed by atoms with van der Waals surface area (Å²) in [4.78, 5) is 14.6. The maximum absolute atomic E-state index is 13.0. The van der Waals surface area contributed by atoms with Crippen LogP contribution in [0.5, 0.6) is 0 Å². The van der Waals surface area contributed by atoms with E-state index < -0.39 is 0 Å². The topological polar surface area (TPSA) is 32.3 Å². The van der Waals surface area contributed by atoms with Gasteiger partial charge < -0.3 is 10.2 Å². The number of piperidine rings is 1. The van der Waals surface area contributed by atoms with Crippen LogP contribution >= 0.6 is 0 Å². The molecule has 0 spiro atoms. The van der Waals surface area contributed by atoms with Gasteiger partial charge in [0, 0.05) is 12.6 Å². The summed E-state index contributed by atoms with van der Waals surface area (Å²) in [6.45, 7) is 1.54. The van der Waals surface area contributed by atoms with E-state index in [1.165, 1.54) is 12.1 Å². The third-order valence-electron chi connectivity index (χ3n) is 4.15. The van der Waals surface area contributed by atoms with E-state index in [2.05, 4.69) is 5.32 Å². The molecular formula is C16H21FN2O. The molecule has 20 heavy (non-hydrogen) atoms. The van der Waals surface area contributed by atoms with Crippen LogP contribution in [0.15, 0.2) is 24.3 Å². The van der Waals surface area contributed by atoms with Gasteiger partial charge in [-0.2, -0.15) is 0 Å². The first-order chi connectivity index (χ1) is 9.74. The fourth-order valence-electron chi connectivity index (χ4n) is 2.82. The SMILES string of the molecule is O=C([C@H]1CCCCN1)N(Cc1ccc(F)cc1)C1CC1. The highest BCUT2D eigenvalue weighted by atomic mass is 19.1. The monoisotopic (exact) mass is 276 g/mol. The van der Waals surface area contributed by atoms with Crippen LogP contribution < -0.4 is 5.32 Å². The third-order valence-corrected chi connectivity index (χ3v) is 4.15. The average molecular weight is 276 g/mol. The van der Waals surface area contributed by atoms with Crippen LogP contribution in [-0.2, 0) is 11.3 Å². The molecule has 1 N–H and O–H groups in total. The van der Waals surface area contributed by atoms with Crippen LogP contribution in [0.25, 0.3) is 0 Å². The van der Waals surface area contributed by atoms with Crippen molar-refractivity contribution in [3.8, 4) is 0 Å². The number of nitrogens with zero attached hydrogens (tertiary/aromatic N) is 1. The zero-order valence-electron chi connectivity index (χ0n) is 11.6. The molecular weight excluding hydrogens is 255 g/mol. The van der Waals surface area contributed by atoms with E-state index in [0.717, 1.165) is 44.2 Å². The van der Waals surface area contributed by atoms with Gasteiger partial charge in [-0.05, 0) is 49.9 Å². The maximum Gasteiger partial charge on any atom is 0.240 e. The predicted molar refractivity (Wildman–Crippen MR) is 75.6 cm³/mol. The molecule has 2 aliphatic rings. The summed E-state index contributed by atoms with van der Waals surface area (Å²) in [5.41, 5.74) is 1.00. The number of rotatable bonds is 4. The van der Waals surface area contributed by atoms with Crippen molar-refractivity contribution < 1.29 is 9.18 Å². The first-order valence-electron chi connectivity index (χ1n) is 7.52. The summed E-state index contributed by atoms with van der Waals surface area (Å²) >= 11 is 0. The minimum absolute atomic E-state index is 0.0233. The van der Waals surface area contributed by atoms with Crippen LogP contribution in [0.2, 0.25) is 0 Å². The number of halogens is 1. The van der Waals surface area contributed by atoms with E-state index in [1.807, 2.05) is 4.90 Å². The van der Waals surface area contributed by atoms with Gasteiger partial charge in [-0.1, -0.05) is 18.6 Å². The lowest BCUT2D eigenvalue weighted by Crippen LogP contribution is -2.49. The standard InChI is InChI=1S/C16H21FN2O/c17-13-6-4-12(5-7-13)11-19(14-8-9-14)16(20)15-3-1-2-10-18-15/h4-7,14-15,18H,1-3,8-11H2/t15-/m1/s1. The fourth-order valence-corrected chi connectivity index (χ4v) is 2.82. The Hall–Kier alpha value is -1.42. The second-order valence-corrected chi connectivity index (χ2v) is 5.83. The van der Waals surface area contributed by atoms with Crippen molar-refractivity contribution in [2.24, 2.45) is 0 Å². The Labute approximate surface area is 119 Å². The smallest absolute Gasteiger partial charge is 0.240 e. The van der Waals surface area contributed by atoms with Gasteiger partial charge in [0.15, 0.2) is 0 Å². The van der Waals surface area contributed by atoms with Gasteiger partial charge in [-0.25, -0.2) is 4.39 Å². The van der Waals surface area contributed by atoms with E-state index in [1.54, 1.807) is 12.1 Å². The molecule has 1 atom stereocenters. The molecule has 1 aromatic rings. The van der Waals surface area contributed by atoms with Gasteiger partial charge >= 0.3 is 0 Å². The Bertz CT molecular complexity index is 464. The Morgan fingerprint density at radius 3 is 2.55 bits per heavy atom. The van der Waals surface area contributed by atoms with Crippen LogP contribution in [0.4, 0.5) is 4.39 Å². The fraction of sp³-hybridized carbons (Fsp3) is 0.562. The van der Waals surface area contributed by atoms with E-state index in [-0.39, 0.29) is 17.8 Å². The lowest BCUT2D eigenvalue weighted by atomic mass is 10.0. The van der Waals surface area contributed by atoms with E-state index in [0.29, 0.717) is 12.6 Å². The minimum atomic E-state index is -0.230. The van der Waals surface area contributed by atoms with Crippen LogP contribution in [0.1, 0.15) is 37.7 Å². The van der Waals surface area contributed by atoms with Gasteiger partial charge in [0.25, 0.3) is 0 Å². The number of amides is 1. The second kappa shape index (κ2) is 5.92. The van der Waals surface area contributed by atoms with Crippen LogP contribution in [0.3, 0.4) is 0 Å². The molecule has 0 unspecified atom stereocenters. The van der Waals surface area contributed by atoms with Gasteiger partial charge in [-0.3, -0.25) is 4.79 Å². The maximum atomic E-state index is 13.0. The molecule has 1 aromatic carbocycles. The third kappa shape index (κ3) is 3.18. The van der Waals surface area contributed by atoms with E-state index in [9.17, 15) is 9.18 Å². The van der Waals surface area contributed by atoms with E-state index in [4.69, 9.17) is 0 Å². The minimum Gasteiger partial charge on any atom is -0.334 e. The number of hydrogen-bond acceptors (Lipinski definition) is 2. The Balaban J connectivity index is 1.68. The molecule has 1 amide bonds. The zero-order chi connectivity index (χ0) is 13.9. The summed E-state index contributed by atoms with van der Waals surface area (Å²) in [5, 5.41) is 3.33. The average Bonchev–Trinajstić information content (AvgIpc) is 3.31. The normalized spacial score (nSPS) is 22.6. The molecule has 3 nitrogen and oxygen atoms in total. The zero-order valence-corrected chi connectivity index (χ0v) is 11.6. The van der Waals surface area contributed by atoms with Crippen molar-refractivity contribution in [2.75, 3.05) is 6.54 Å². The number of carbonyl (C=O) groups is 1. The second-order valence-electron chi connectivity index (χ2n) is 5.83. The molecule has 4 heteroatoms. The van der Waals surface area contributed by atoms with Crippen molar-refractivity contribution >= 4 is 5.91 Å². The molecule has 1 heterocycles. The highest BCUT2D eigenvalue weighted by Crippen LogP contribution is 2.29. The number of benzene rings is 1. The van der Waals surface area contributed by atoms with Crippen molar-refractivity contribution in [3.05, 3.63) is 35.6 Å². The molecule has 2 fully saturated rings. The summed E-state index contributed by atoms with van der Waals surface area (Å²) < 4.78 is 13.0. The Morgan fingerprint density at radius 1 is 1.20 bits per heavy atom. The number of hydrogen-bond donors (Lipinski definition) is 1. The number of nitrogens with one attached hydrogen (secondary N) is 1. The molecule has 1 aliphatic heterocycles. The van der Waals surface area contributed by atoms with Gasteiger partial charge in [0.1, 0.15) is 5.82 Å². The summed E-state index contributed by atoms with van der Waals surface area (Å²) in [6, 6.07) is 6.83. The Kier molecular flexibility index (Phi) is 4.01. The molecule has 3 rings (SSSR count). The van der Waals surface area contributed by atoms with Crippen molar-refractivity contribution in [1.82, 2.24) is 10.2 Å².